The summed E-state index contributed by atoms with van der Waals surface area (Å²) in [7, 11) is -4.40. The molecule has 1 aliphatic rings. The lowest BCUT2D eigenvalue weighted by Crippen LogP contribution is -2.59. The van der Waals surface area contributed by atoms with Crippen molar-refractivity contribution in [1.29, 1.82) is 0 Å². The minimum Gasteiger partial charge on any atom is -0.462 e. The second-order valence-corrected chi connectivity index (χ2v) is 16.3. The number of carbonyl (C=O) groups is 2. The number of hydrogen-bond donors (Lipinski definition) is 6. The minimum atomic E-state index is -4.40. The molecule has 0 saturated carbocycles. The van der Waals surface area contributed by atoms with Crippen LogP contribution in [0.15, 0.2) is 42.6 Å². The molecular formula is C40H48F5N4O15P. The van der Waals surface area contributed by atoms with Crippen LogP contribution in [0.5, 0.6) is 11.5 Å². The van der Waals surface area contributed by atoms with Gasteiger partial charge < -0.3 is 63.6 Å². The molecular weight excluding hydrogens is 902 g/mol. The minimum absolute atomic E-state index is 0.0421. The Kier molecular flexibility index (Phi) is 19.5. The maximum absolute atomic E-state index is 13.6. The zero-order valence-electron chi connectivity index (χ0n) is 34.5. The van der Waals surface area contributed by atoms with Gasteiger partial charge in [0.1, 0.15) is 24.1 Å². The summed E-state index contributed by atoms with van der Waals surface area (Å²) >= 11 is 0. The Bertz CT molecular complexity index is 2230. The van der Waals surface area contributed by atoms with Crippen molar-refractivity contribution < 1.29 is 94.4 Å². The number of esters is 1. The molecule has 1 aliphatic heterocycles. The maximum Gasteiger partial charge on any atom is 0.325 e. The second kappa shape index (κ2) is 24.7. The summed E-state index contributed by atoms with van der Waals surface area (Å²) in [6.45, 7) is 1.77. The van der Waals surface area contributed by atoms with Crippen LogP contribution in [0.1, 0.15) is 31.4 Å². The predicted octanol–water partition coefficient (Wildman–Crippen LogP) is 2.90. The van der Waals surface area contributed by atoms with Crippen LogP contribution in [-0.2, 0) is 50.8 Å². The SMILES string of the molecule is O=C(CCCc1cn(CCOCCOCCOCCOCCC(=O)Oc2c(F)c(F)c(F)c(F)c2F)nn1)Nc1ccc2cc(O[C@H]3O[C@H](CCP(=O)(O)O)[C@@H](O)[C@H](O)[C@@H]3O)ccc2c1. The topological polar surface area (TPSA) is 260 Å². The van der Waals surface area contributed by atoms with Gasteiger partial charge >= 0.3 is 13.6 Å². The molecule has 1 aromatic heterocycles. The van der Waals surface area contributed by atoms with Gasteiger partial charge in [-0.2, -0.15) is 8.78 Å². The highest BCUT2D eigenvalue weighted by Gasteiger charge is 2.45. The number of nitrogens with zero attached hydrogens (tertiary/aromatic N) is 3. The number of benzene rings is 3. The first-order valence-corrected chi connectivity index (χ1v) is 22.0. The molecule has 1 saturated heterocycles. The molecule has 0 aliphatic carbocycles. The Morgan fingerprint density at radius 2 is 1.35 bits per heavy atom. The average Bonchev–Trinajstić information content (AvgIpc) is 3.73. The number of halogens is 5. The number of ether oxygens (including phenoxy) is 7. The third-order valence-electron chi connectivity index (χ3n) is 9.56. The summed E-state index contributed by atoms with van der Waals surface area (Å²) in [6.07, 6.45) is -5.85. The number of hydrogen-bond acceptors (Lipinski definition) is 15. The molecule has 5 atom stereocenters. The van der Waals surface area contributed by atoms with E-state index in [9.17, 15) is 61.2 Å². The van der Waals surface area contributed by atoms with Crippen LogP contribution in [0.25, 0.3) is 10.8 Å². The highest BCUT2D eigenvalue weighted by atomic mass is 31.2. The van der Waals surface area contributed by atoms with Crippen LogP contribution in [0.3, 0.4) is 0 Å². The number of fused-ring (bicyclic) bond motifs is 1. The molecule has 2 heterocycles. The van der Waals surface area contributed by atoms with Crippen LogP contribution < -0.4 is 14.8 Å². The van der Waals surface area contributed by atoms with E-state index in [4.69, 9.17) is 28.4 Å². The van der Waals surface area contributed by atoms with E-state index in [1.165, 1.54) is 0 Å². The first-order chi connectivity index (χ1) is 31.0. The smallest absolute Gasteiger partial charge is 0.325 e. The van der Waals surface area contributed by atoms with E-state index in [0.717, 1.165) is 5.39 Å². The van der Waals surface area contributed by atoms with Crippen LogP contribution in [0, 0.1) is 29.1 Å². The number of anilines is 1. The van der Waals surface area contributed by atoms with Gasteiger partial charge in [-0.3, -0.25) is 14.2 Å². The summed E-state index contributed by atoms with van der Waals surface area (Å²) in [6, 6.07) is 10.2. The van der Waals surface area contributed by atoms with Crippen molar-refractivity contribution in [2.24, 2.45) is 0 Å². The Balaban J connectivity index is 0.876. The highest BCUT2D eigenvalue weighted by molar-refractivity contribution is 7.51. The van der Waals surface area contributed by atoms with Crippen molar-refractivity contribution in [3.63, 3.8) is 0 Å². The van der Waals surface area contributed by atoms with Crippen molar-refractivity contribution in [3.8, 4) is 11.5 Å². The van der Waals surface area contributed by atoms with Gasteiger partial charge in [0, 0.05) is 18.3 Å². The lowest BCUT2D eigenvalue weighted by Gasteiger charge is -2.40. The number of amides is 1. The molecule has 5 rings (SSSR count). The number of carbonyl (C=O) groups excluding carboxylic acids is 2. The lowest BCUT2D eigenvalue weighted by atomic mass is 9.97. The number of rotatable bonds is 26. The van der Waals surface area contributed by atoms with E-state index in [2.05, 4.69) is 20.4 Å². The monoisotopic (exact) mass is 950 g/mol. The molecule has 25 heteroatoms. The summed E-state index contributed by atoms with van der Waals surface area (Å²) in [5.41, 5.74) is 1.27. The van der Waals surface area contributed by atoms with Gasteiger partial charge in [-0.05, 0) is 54.3 Å². The standard InChI is InChI=1S/C40H48F5N4O15P/c41-31-32(42)34(44)39(35(45)33(31)43)64-30(51)8-11-58-13-15-60-17-18-61-16-14-59-12-10-49-22-26(47-48-49)2-1-3-29(50)46-25-6-4-24-21-27(7-5-23(24)20-25)62-40-38(54)37(53)36(52)28(63-40)9-19-65(55,56)57/h4-7,20-22,28,36-38,40,52-54H,1-3,8-19H2,(H,46,50)(H2,55,56,57)/t28-,36-,37+,38+,40+/m1/s1. The maximum atomic E-state index is 13.6. The zero-order valence-corrected chi connectivity index (χ0v) is 35.4. The largest absolute Gasteiger partial charge is 0.462 e. The Morgan fingerprint density at radius 3 is 2.02 bits per heavy atom. The molecule has 3 aromatic carbocycles. The number of aliphatic hydroxyl groups excluding tert-OH is 3. The van der Waals surface area contributed by atoms with Crippen LogP contribution in [-0.4, -0.2) is 142 Å². The quantitative estimate of drug-likeness (QED) is 0.0101. The predicted molar refractivity (Wildman–Crippen MR) is 214 cm³/mol. The first-order valence-electron chi connectivity index (χ1n) is 20.2. The third-order valence-corrected chi connectivity index (χ3v) is 10.4. The Labute approximate surface area is 367 Å². The van der Waals surface area contributed by atoms with E-state index in [0.29, 0.717) is 56.0 Å². The Morgan fingerprint density at radius 1 is 0.754 bits per heavy atom. The lowest BCUT2D eigenvalue weighted by molar-refractivity contribution is -0.272. The van der Waals surface area contributed by atoms with Crippen molar-refractivity contribution >= 4 is 35.9 Å². The molecule has 0 radical (unpaired) electrons. The fourth-order valence-corrected chi connectivity index (χ4v) is 6.78. The van der Waals surface area contributed by atoms with Gasteiger partial charge in [-0.1, -0.05) is 17.3 Å². The van der Waals surface area contributed by atoms with E-state index in [-0.39, 0.29) is 57.5 Å². The van der Waals surface area contributed by atoms with Gasteiger partial charge in [0.05, 0.1) is 83.8 Å². The van der Waals surface area contributed by atoms with Crippen LogP contribution >= 0.6 is 7.60 Å². The van der Waals surface area contributed by atoms with Crippen molar-refractivity contribution in [2.45, 2.75) is 69.4 Å². The number of nitrogens with one attached hydrogen (secondary N) is 1. The van der Waals surface area contributed by atoms with E-state index >= 15 is 0 Å². The van der Waals surface area contributed by atoms with Gasteiger partial charge in [0.25, 0.3) is 0 Å². The molecule has 19 nitrogen and oxygen atoms in total. The molecule has 1 amide bonds. The molecule has 0 spiro atoms. The molecule has 4 aromatic rings. The summed E-state index contributed by atoms with van der Waals surface area (Å²) in [5, 5.41) is 43.5. The van der Waals surface area contributed by atoms with Crippen molar-refractivity contribution in [2.75, 3.05) is 64.3 Å². The molecule has 6 N–H and O–H groups in total. The second-order valence-electron chi connectivity index (χ2n) is 14.5. The molecule has 65 heavy (non-hydrogen) atoms. The molecule has 1 fully saturated rings. The normalized spacial score (nSPS) is 18.8. The average molecular weight is 951 g/mol. The summed E-state index contributed by atoms with van der Waals surface area (Å²) in [5.74, 6) is -14.2. The van der Waals surface area contributed by atoms with Gasteiger partial charge in [0.15, 0.2) is 0 Å². The highest BCUT2D eigenvalue weighted by Crippen LogP contribution is 2.38. The van der Waals surface area contributed by atoms with E-state index < -0.39 is 91.7 Å². The zero-order chi connectivity index (χ0) is 47.1. The fraction of sp³-hybridized carbons (Fsp3) is 0.500. The van der Waals surface area contributed by atoms with Crippen molar-refractivity contribution in [1.82, 2.24) is 15.0 Å². The molecule has 358 valence electrons. The summed E-state index contributed by atoms with van der Waals surface area (Å²) < 4.78 is 117. The fourth-order valence-electron chi connectivity index (χ4n) is 6.19. The molecule has 0 bridgehead atoms. The number of aryl methyl sites for hydroxylation is 1. The van der Waals surface area contributed by atoms with E-state index in [1.54, 1.807) is 47.3 Å². The van der Waals surface area contributed by atoms with E-state index in [1.807, 2.05) is 0 Å². The third kappa shape index (κ3) is 15.7. The van der Waals surface area contributed by atoms with Crippen LogP contribution in [0.4, 0.5) is 27.6 Å². The van der Waals surface area contributed by atoms with Gasteiger partial charge in [-0.15, -0.1) is 5.10 Å². The Hall–Kier alpha value is -4.72. The first kappa shape index (κ1) is 51.3. The van der Waals surface area contributed by atoms with Crippen molar-refractivity contribution in [3.05, 3.63) is 77.4 Å². The summed E-state index contributed by atoms with van der Waals surface area (Å²) in [4.78, 5) is 42.8. The van der Waals surface area contributed by atoms with Gasteiger partial charge in [0.2, 0.25) is 47.0 Å². The number of aromatic nitrogens is 3. The van der Waals surface area contributed by atoms with Crippen LogP contribution in [0.2, 0.25) is 0 Å². The number of aliphatic hydroxyl groups is 3. The van der Waals surface area contributed by atoms with Gasteiger partial charge in [-0.25, -0.2) is 17.9 Å². The molecule has 0 unspecified atom stereocenters.